The van der Waals surface area contributed by atoms with Gasteiger partial charge >= 0.3 is 0 Å². The first-order valence-corrected chi connectivity index (χ1v) is 7.72. The molecule has 2 rings (SSSR count). The molecule has 0 spiro atoms. The average Bonchev–Trinajstić information content (AvgIpc) is 2.91. The van der Waals surface area contributed by atoms with E-state index in [-0.39, 0.29) is 16.9 Å². The summed E-state index contributed by atoms with van der Waals surface area (Å²) in [5, 5.41) is 7.90. The van der Waals surface area contributed by atoms with E-state index in [9.17, 15) is 4.39 Å². The zero-order chi connectivity index (χ0) is 13.7. The molecule has 0 radical (unpaired) electrons. The highest BCUT2D eigenvalue weighted by atomic mass is 35.5. The number of thiophene rings is 1. The Labute approximate surface area is 122 Å². The van der Waals surface area contributed by atoms with Crippen molar-refractivity contribution >= 4 is 22.9 Å². The molecule has 1 unspecified atom stereocenters. The highest BCUT2D eigenvalue weighted by Crippen LogP contribution is 2.24. The number of halogens is 2. The second-order valence-corrected chi connectivity index (χ2v) is 5.70. The Kier molecular flexibility index (Phi) is 5.37. The van der Waals surface area contributed by atoms with Gasteiger partial charge in [-0.1, -0.05) is 24.6 Å². The molecule has 1 N–H and O–H groups in total. The van der Waals surface area contributed by atoms with Gasteiger partial charge in [0.15, 0.2) is 0 Å². The molecule has 0 saturated carbocycles. The molecule has 4 heteroatoms. The van der Waals surface area contributed by atoms with Gasteiger partial charge in [-0.2, -0.15) is 11.3 Å². The van der Waals surface area contributed by atoms with Gasteiger partial charge < -0.3 is 5.32 Å². The maximum atomic E-state index is 13.2. The van der Waals surface area contributed by atoms with E-state index in [4.69, 9.17) is 11.6 Å². The molecular weight excluding hydrogens is 281 g/mol. The molecule has 0 aliphatic carbocycles. The van der Waals surface area contributed by atoms with Crippen LogP contribution in [0.25, 0.3) is 0 Å². The monoisotopic (exact) mass is 297 g/mol. The summed E-state index contributed by atoms with van der Waals surface area (Å²) in [5.74, 6) is -0.366. The van der Waals surface area contributed by atoms with Crippen LogP contribution in [-0.4, -0.2) is 6.54 Å². The summed E-state index contributed by atoms with van der Waals surface area (Å²) >= 11 is 7.57. The van der Waals surface area contributed by atoms with Crippen LogP contribution in [-0.2, 0) is 6.42 Å². The normalized spacial score (nSPS) is 12.6. The molecule has 0 aliphatic rings. The smallest absolute Gasteiger partial charge is 0.141 e. The lowest BCUT2D eigenvalue weighted by Crippen LogP contribution is -2.24. The van der Waals surface area contributed by atoms with Crippen LogP contribution < -0.4 is 5.32 Å². The van der Waals surface area contributed by atoms with Crippen LogP contribution in [0.1, 0.15) is 30.5 Å². The summed E-state index contributed by atoms with van der Waals surface area (Å²) in [6.45, 7) is 3.07. The Bertz CT molecular complexity index is 513. The summed E-state index contributed by atoms with van der Waals surface area (Å²) < 4.78 is 13.2. The summed E-state index contributed by atoms with van der Waals surface area (Å²) in [4.78, 5) is 0. The van der Waals surface area contributed by atoms with E-state index in [1.165, 1.54) is 11.6 Å². The van der Waals surface area contributed by atoms with Crippen molar-refractivity contribution in [2.75, 3.05) is 6.54 Å². The van der Waals surface area contributed by atoms with Crippen LogP contribution in [0, 0.1) is 5.82 Å². The van der Waals surface area contributed by atoms with Crippen LogP contribution in [0.3, 0.4) is 0 Å². The van der Waals surface area contributed by atoms with Gasteiger partial charge in [-0.25, -0.2) is 4.39 Å². The number of hydrogen-bond acceptors (Lipinski definition) is 2. The van der Waals surface area contributed by atoms with Crippen LogP contribution in [0.5, 0.6) is 0 Å². The second-order valence-electron chi connectivity index (χ2n) is 4.52. The maximum Gasteiger partial charge on any atom is 0.141 e. The average molecular weight is 298 g/mol. The molecule has 1 heterocycles. The van der Waals surface area contributed by atoms with Crippen molar-refractivity contribution in [1.82, 2.24) is 5.32 Å². The standard InChI is InChI=1S/C15H17ClFNS/c1-2-6-18-15(8-11-5-7-19-10-11)12-3-4-14(17)13(16)9-12/h3-5,7,9-10,15,18H,2,6,8H2,1H3. The fourth-order valence-corrected chi connectivity index (χ4v) is 2.87. The highest BCUT2D eigenvalue weighted by molar-refractivity contribution is 7.07. The zero-order valence-corrected chi connectivity index (χ0v) is 12.4. The fourth-order valence-electron chi connectivity index (χ4n) is 2.00. The van der Waals surface area contributed by atoms with Gasteiger partial charge in [0.25, 0.3) is 0 Å². The number of nitrogens with one attached hydrogen (secondary N) is 1. The molecule has 1 aromatic heterocycles. The molecule has 102 valence electrons. The van der Waals surface area contributed by atoms with Crippen LogP contribution >= 0.6 is 22.9 Å². The quantitative estimate of drug-likeness (QED) is 0.806. The number of rotatable bonds is 6. The molecule has 0 aliphatic heterocycles. The van der Waals surface area contributed by atoms with Gasteiger partial charge in [0.05, 0.1) is 5.02 Å². The minimum absolute atomic E-state index is 0.174. The van der Waals surface area contributed by atoms with E-state index < -0.39 is 0 Å². The molecule has 0 fully saturated rings. The van der Waals surface area contributed by atoms with Gasteiger partial charge in [0.2, 0.25) is 0 Å². The lowest BCUT2D eigenvalue weighted by molar-refractivity contribution is 0.528. The Balaban J connectivity index is 2.18. The Morgan fingerprint density at radius 1 is 1.37 bits per heavy atom. The van der Waals surface area contributed by atoms with Crippen molar-refractivity contribution in [3.8, 4) is 0 Å². The van der Waals surface area contributed by atoms with E-state index in [1.807, 2.05) is 0 Å². The molecule has 0 bridgehead atoms. The Morgan fingerprint density at radius 2 is 2.21 bits per heavy atom. The van der Waals surface area contributed by atoms with Gasteiger partial charge in [0, 0.05) is 6.04 Å². The molecule has 19 heavy (non-hydrogen) atoms. The predicted octanol–water partition coefficient (Wildman–Crippen LogP) is 4.82. The molecule has 0 amide bonds. The lowest BCUT2D eigenvalue weighted by atomic mass is 10.0. The molecule has 0 saturated heterocycles. The molecular formula is C15H17ClFNS. The number of hydrogen-bond donors (Lipinski definition) is 1. The zero-order valence-electron chi connectivity index (χ0n) is 10.8. The Hall–Kier alpha value is -0.900. The maximum absolute atomic E-state index is 13.2. The fraction of sp³-hybridized carbons (Fsp3) is 0.333. The molecule has 1 atom stereocenters. The first-order chi connectivity index (χ1) is 9.20. The van der Waals surface area contributed by atoms with Gasteiger partial charge in [-0.05, 0) is 59.5 Å². The van der Waals surface area contributed by atoms with E-state index in [1.54, 1.807) is 23.5 Å². The molecule has 1 aromatic carbocycles. The van der Waals surface area contributed by atoms with Crippen molar-refractivity contribution in [3.63, 3.8) is 0 Å². The third-order valence-electron chi connectivity index (χ3n) is 3.01. The minimum Gasteiger partial charge on any atom is -0.310 e. The van der Waals surface area contributed by atoms with Crippen LogP contribution in [0.15, 0.2) is 35.0 Å². The van der Waals surface area contributed by atoms with Crippen LogP contribution in [0.2, 0.25) is 5.02 Å². The summed E-state index contributed by atoms with van der Waals surface area (Å²) in [6, 6.07) is 7.26. The third-order valence-corrected chi connectivity index (χ3v) is 4.03. The first-order valence-electron chi connectivity index (χ1n) is 6.40. The summed E-state index contributed by atoms with van der Waals surface area (Å²) in [7, 11) is 0. The minimum atomic E-state index is -0.366. The lowest BCUT2D eigenvalue weighted by Gasteiger charge is -2.19. The van der Waals surface area contributed by atoms with Gasteiger partial charge in [0.1, 0.15) is 5.82 Å². The Morgan fingerprint density at radius 3 is 2.84 bits per heavy atom. The van der Waals surface area contributed by atoms with Crippen molar-refractivity contribution in [2.45, 2.75) is 25.8 Å². The van der Waals surface area contributed by atoms with E-state index in [0.717, 1.165) is 24.9 Å². The van der Waals surface area contributed by atoms with E-state index >= 15 is 0 Å². The van der Waals surface area contributed by atoms with Gasteiger partial charge in [-0.3, -0.25) is 0 Å². The number of benzene rings is 1. The topological polar surface area (TPSA) is 12.0 Å². The summed E-state index contributed by atoms with van der Waals surface area (Å²) in [5.41, 5.74) is 2.32. The van der Waals surface area contributed by atoms with E-state index in [2.05, 4.69) is 29.1 Å². The van der Waals surface area contributed by atoms with Crippen molar-refractivity contribution in [3.05, 3.63) is 57.0 Å². The van der Waals surface area contributed by atoms with Crippen molar-refractivity contribution in [1.29, 1.82) is 0 Å². The summed E-state index contributed by atoms with van der Waals surface area (Å²) in [6.07, 6.45) is 1.96. The largest absolute Gasteiger partial charge is 0.310 e. The second kappa shape index (κ2) is 7.04. The van der Waals surface area contributed by atoms with Crippen molar-refractivity contribution in [2.24, 2.45) is 0 Å². The SMILES string of the molecule is CCCNC(Cc1ccsc1)c1ccc(F)c(Cl)c1. The molecule has 1 nitrogen and oxygen atoms in total. The third kappa shape index (κ3) is 4.03. The highest BCUT2D eigenvalue weighted by Gasteiger charge is 2.13. The van der Waals surface area contributed by atoms with Crippen molar-refractivity contribution < 1.29 is 4.39 Å². The van der Waals surface area contributed by atoms with E-state index in [0.29, 0.717) is 0 Å². The van der Waals surface area contributed by atoms with Crippen LogP contribution in [0.4, 0.5) is 4.39 Å². The van der Waals surface area contributed by atoms with Gasteiger partial charge in [-0.15, -0.1) is 0 Å². The first kappa shape index (κ1) is 14.5. The predicted molar refractivity (Wildman–Crippen MR) is 80.5 cm³/mol. The molecule has 2 aromatic rings.